The molecule has 26 N–H and O–H groups in total. The number of para-hydroxylation sites is 2. The summed E-state index contributed by atoms with van der Waals surface area (Å²) in [5, 5.41) is 83.2. The molecule has 0 spiro atoms. The molecule has 6 aromatic rings. The molecular formula is C86H120N20O22. The van der Waals surface area contributed by atoms with E-state index in [1.165, 1.54) is 50.6 Å². The fraction of sp³-hybridized carbons (Fsp3) is 0.512. The second kappa shape index (κ2) is 48.9. The molecule has 15 atom stereocenters. The molecule has 14 amide bonds. The van der Waals surface area contributed by atoms with Gasteiger partial charge in [-0.25, -0.2) is 9.78 Å². The van der Waals surface area contributed by atoms with Gasteiger partial charge in [0.25, 0.3) is 0 Å². The number of carboxylic acids is 3. The maximum atomic E-state index is 15.0. The SMILES string of the molecule is CC(C)C[C@H](NC(=O)[C@H](Cc1c[nH]c2ccccc12)NC(=O)[C@H](CC(C)C)NC(=O)[C@H](CCCCN)NC(=O)[C@@H](NC(=O)[C@H](CC(C)C)NC(=O)[C@@H]1CCCN1C(=O)[C@H](CC(=O)O)NC(=O)[C@H](Cc1ccc(O)cc1)NC(=O)[C@H](Cc1c[nH]c2ccccc12)NC(=O)[C@H](CC(N)=O)NC(=O)[C@H](C)N)[C@@H](C)O)C(=O)N[C@@H](Cc1cnc[nH]1)C(=O)N[C@@H](CCC(=O)O)C(=O)O. The number of aliphatic carboxylic acids is 3. The van der Waals surface area contributed by atoms with Gasteiger partial charge in [0.05, 0.1) is 31.3 Å². The lowest BCUT2D eigenvalue weighted by Gasteiger charge is -2.31. The van der Waals surface area contributed by atoms with Crippen molar-refractivity contribution in [2.45, 2.75) is 249 Å². The normalized spacial score (nSPS) is 15.9. The van der Waals surface area contributed by atoms with Gasteiger partial charge < -0.3 is 126 Å². The molecule has 1 aliphatic rings. The molecule has 0 radical (unpaired) electrons. The number of aromatic hydroxyl groups is 1. The monoisotopic (exact) mass is 1780 g/mol. The molecule has 1 aliphatic heterocycles. The van der Waals surface area contributed by atoms with Crippen molar-refractivity contribution in [2.24, 2.45) is 35.0 Å². The number of nitrogens with two attached hydrogens (primary N) is 3. The third-order valence-corrected chi connectivity index (χ3v) is 21.3. The summed E-state index contributed by atoms with van der Waals surface area (Å²) >= 11 is 0. The Morgan fingerprint density at radius 3 is 1.37 bits per heavy atom. The number of aromatic amines is 3. The lowest BCUT2D eigenvalue weighted by molar-refractivity contribution is -0.146. The highest BCUT2D eigenvalue weighted by Crippen LogP contribution is 2.25. The lowest BCUT2D eigenvalue weighted by atomic mass is 9.98. The average Bonchev–Trinajstić information content (AvgIpc) is 1.39. The number of carboxylic acid groups (broad SMARTS) is 3. The molecular weight excluding hydrogens is 1670 g/mol. The van der Waals surface area contributed by atoms with E-state index >= 15 is 9.59 Å². The van der Waals surface area contributed by atoms with Crippen molar-refractivity contribution in [1.29, 1.82) is 0 Å². The lowest BCUT2D eigenvalue weighted by Crippen LogP contribution is -2.62. The molecule has 3 aromatic carbocycles. The van der Waals surface area contributed by atoms with E-state index in [0.29, 0.717) is 50.6 Å². The zero-order chi connectivity index (χ0) is 94.3. The summed E-state index contributed by atoms with van der Waals surface area (Å²) in [7, 11) is 0. The van der Waals surface area contributed by atoms with Crippen LogP contribution >= 0.6 is 0 Å². The number of likely N-dealkylation sites (tertiary alicyclic amines) is 1. The van der Waals surface area contributed by atoms with E-state index in [2.05, 4.69) is 83.7 Å². The van der Waals surface area contributed by atoms with E-state index < -0.39 is 223 Å². The number of nitrogens with zero attached hydrogens (tertiary/aromatic N) is 2. The zero-order valence-corrected chi connectivity index (χ0v) is 72.7. The molecule has 42 nitrogen and oxygen atoms in total. The van der Waals surface area contributed by atoms with Gasteiger partial charge in [-0.1, -0.05) is 90.1 Å². The van der Waals surface area contributed by atoms with Gasteiger partial charge in [0.15, 0.2) is 0 Å². The Balaban J connectivity index is 1.09. The second-order valence-corrected chi connectivity index (χ2v) is 33.4. The molecule has 1 fully saturated rings. The number of aliphatic hydroxyl groups excluding tert-OH is 1. The quantitative estimate of drug-likeness (QED) is 0.0192. The van der Waals surface area contributed by atoms with Crippen molar-refractivity contribution >= 4 is 122 Å². The van der Waals surface area contributed by atoms with Crippen molar-refractivity contribution in [1.82, 2.24) is 88.6 Å². The minimum atomic E-state index is -1.96. The van der Waals surface area contributed by atoms with Crippen molar-refractivity contribution in [2.75, 3.05) is 13.1 Å². The molecule has 42 heteroatoms. The van der Waals surface area contributed by atoms with Crippen LogP contribution in [0, 0.1) is 17.8 Å². The summed E-state index contributed by atoms with van der Waals surface area (Å²) < 4.78 is 0. The molecule has 7 rings (SSSR count). The summed E-state index contributed by atoms with van der Waals surface area (Å²) in [6, 6.07) is -2.63. The number of fused-ring (bicyclic) bond motifs is 2. The Morgan fingerprint density at radius 2 is 0.906 bits per heavy atom. The highest BCUT2D eigenvalue weighted by atomic mass is 16.4. The Bertz CT molecular complexity index is 4880. The van der Waals surface area contributed by atoms with E-state index in [4.69, 9.17) is 17.2 Å². The summed E-state index contributed by atoms with van der Waals surface area (Å²) in [6.45, 7) is 12.8. The first-order chi connectivity index (χ1) is 60.6. The number of imidazole rings is 1. The molecule has 1 saturated heterocycles. The zero-order valence-electron chi connectivity index (χ0n) is 72.7. The number of unbranched alkanes of at least 4 members (excludes halogenated alkanes) is 1. The number of carbonyl (C=O) groups is 17. The van der Waals surface area contributed by atoms with Gasteiger partial charge in [0.1, 0.15) is 84.3 Å². The molecule has 3 aromatic heterocycles. The smallest absolute Gasteiger partial charge is 0.326 e. The largest absolute Gasteiger partial charge is 0.508 e. The number of phenols is 1. The number of carbonyl (C=O) groups excluding carboxylic acids is 14. The van der Waals surface area contributed by atoms with E-state index in [1.54, 1.807) is 102 Å². The number of hydrogen-bond acceptors (Lipinski definition) is 22. The van der Waals surface area contributed by atoms with Crippen LogP contribution < -0.4 is 81.0 Å². The minimum absolute atomic E-state index is 0.0498. The number of nitrogens with one attached hydrogen (secondary N) is 15. The first kappa shape index (κ1) is 102. The van der Waals surface area contributed by atoms with Gasteiger partial charge in [-0.2, -0.15) is 0 Å². The molecule has 0 saturated carbocycles. The van der Waals surface area contributed by atoms with Crippen LogP contribution in [-0.4, -0.2) is 255 Å². The molecule has 128 heavy (non-hydrogen) atoms. The van der Waals surface area contributed by atoms with Crippen LogP contribution in [0.5, 0.6) is 5.75 Å². The predicted octanol–water partition coefficient (Wildman–Crippen LogP) is -1.55. The highest BCUT2D eigenvalue weighted by Gasteiger charge is 2.43. The van der Waals surface area contributed by atoms with E-state index in [9.17, 15) is 97.5 Å². The number of aliphatic hydroxyl groups is 1. The molecule has 0 bridgehead atoms. The Morgan fingerprint density at radius 1 is 0.469 bits per heavy atom. The van der Waals surface area contributed by atoms with Gasteiger partial charge in [-0.15, -0.1) is 0 Å². The van der Waals surface area contributed by atoms with Crippen LogP contribution in [0.3, 0.4) is 0 Å². The molecule has 696 valence electrons. The van der Waals surface area contributed by atoms with Crippen LogP contribution in [0.2, 0.25) is 0 Å². The van der Waals surface area contributed by atoms with Crippen molar-refractivity contribution in [3.05, 3.63) is 120 Å². The van der Waals surface area contributed by atoms with Crippen LogP contribution in [0.4, 0.5) is 0 Å². The first-order valence-corrected chi connectivity index (χ1v) is 42.5. The van der Waals surface area contributed by atoms with E-state index in [1.807, 2.05) is 0 Å². The summed E-state index contributed by atoms with van der Waals surface area (Å²) in [6.07, 6.45) is 0.272. The number of aromatic nitrogens is 4. The molecule has 0 aliphatic carbocycles. The number of phenolic OH excluding ortho intramolecular Hbond substituents is 1. The van der Waals surface area contributed by atoms with E-state index in [0.717, 1.165) is 4.90 Å². The van der Waals surface area contributed by atoms with Crippen LogP contribution in [-0.2, 0) is 107 Å². The van der Waals surface area contributed by atoms with Gasteiger partial charge >= 0.3 is 17.9 Å². The van der Waals surface area contributed by atoms with Gasteiger partial charge in [0, 0.05) is 84.7 Å². The maximum Gasteiger partial charge on any atom is 0.326 e. The summed E-state index contributed by atoms with van der Waals surface area (Å²) in [5.74, 6) is -19.6. The number of rotatable bonds is 52. The fourth-order valence-electron chi connectivity index (χ4n) is 14.7. The minimum Gasteiger partial charge on any atom is -0.508 e. The number of H-pyrrole nitrogens is 3. The third kappa shape index (κ3) is 31.3. The Kier molecular flexibility index (Phi) is 38.9. The van der Waals surface area contributed by atoms with Gasteiger partial charge in [-0.05, 0) is 137 Å². The van der Waals surface area contributed by atoms with Crippen LogP contribution in [0.25, 0.3) is 21.8 Å². The number of hydrogen-bond donors (Lipinski definition) is 23. The maximum absolute atomic E-state index is 15.0. The first-order valence-electron chi connectivity index (χ1n) is 42.5. The third-order valence-electron chi connectivity index (χ3n) is 21.3. The second-order valence-electron chi connectivity index (χ2n) is 33.4. The molecule has 4 heterocycles. The molecule has 0 unspecified atom stereocenters. The Hall–Kier alpha value is -13.4. The van der Waals surface area contributed by atoms with Crippen LogP contribution in [0.1, 0.15) is 155 Å². The van der Waals surface area contributed by atoms with Crippen molar-refractivity contribution in [3.8, 4) is 5.75 Å². The number of benzene rings is 3. The number of primary amides is 1. The van der Waals surface area contributed by atoms with E-state index in [-0.39, 0.29) is 101 Å². The fourth-order valence-corrected chi connectivity index (χ4v) is 14.7. The topological polar surface area (TPSA) is 677 Å². The van der Waals surface area contributed by atoms with Crippen molar-refractivity contribution in [3.63, 3.8) is 0 Å². The van der Waals surface area contributed by atoms with Crippen LogP contribution in [0.15, 0.2) is 97.7 Å². The predicted molar refractivity (Wildman–Crippen MR) is 463 cm³/mol. The van der Waals surface area contributed by atoms with Crippen molar-refractivity contribution < 1.29 is 107 Å². The summed E-state index contributed by atoms with van der Waals surface area (Å²) in [5.41, 5.74) is 20.1. The highest BCUT2D eigenvalue weighted by molar-refractivity contribution is 6.02. The average molecular weight is 1790 g/mol. The summed E-state index contributed by atoms with van der Waals surface area (Å²) in [4.78, 5) is 252. The standard InChI is InChI=1S/C86H120N20O22/c1-43(2)30-59(75(116)100-63(34-49-39-91-55-18-11-9-16-53(49)55)78(119)98-60(31-44(3)4)76(117)102-65(36-51-41-90-42-93-51)80(121)95-58(86(127)128)26-27-70(110)111)97-74(115)57(20-13-14-28-87)94-84(125)72(47(8)107)105-82(123)61(32-45(5)6)103-83(124)68-21-15-29-106(68)85(126)67(38-71(112)113)104-77(118)62(33-48-22-24-52(108)25-23-48)99-79(120)64(35-50-40-92-56-19-12-10-17-54(50)56)101-81(122)66(37-69(89)109)96-73(114)46(7)88/h9-12,16-19,22-25,39-47,57-68,72,91-92,107-108H,13-15,20-21,26-38,87-88H2,1-8H3,(H2,89,109)(H,90,93)(H,94,125)(H,95,121)(H,96,114)(H,97,115)(H,98,119)(H,99,120)(H,100,116)(H,101,122)(H,102,117)(H,103,124)(H,104,118)(H,105,123)(H,110,111)(H,112,113)(H,127,128)/t46-,47+,57-,58-,59-,60-,61-,62-,63-,64-,65-,66-,67-,68-,72-/m0/s1. The Labute approximate surface area is 737 Å². The number of amides is 14. The van der Waals surface area contributed by atoms with Gasteiger partial charge in [-0.3, -0.25) is 76.7 Å². The van der Waals surface area contributed by atoms with Gasteiger partial charge in [0.2, 0.25) is 82.7 Å².